The summed E-state index contributed by atoms with van der Waals surface area (Å²) < 4.78 is 0.892. The lowest BCUT2D eigenvalue weighted by atomic mass is 9.91. The van der Waals surface area contributed by atoms with Gasteiger partial charge in [-0.2, -0.15) is 0 Å². The molecule has 2 rings (SSSR count). The molecule has 1 aromatic rings. The topological polar surface area (TPSA) is 37.4 Å². The number of ketones is 1. The zero-order chi connectivity index (χ0) is 13.1. The minimum absolute atomic E-state index is 0.0525. The Morgan fingerprint density at radius 2 is 2.17 bits per heavy atom. The second kappa shape index (κ2) is 5.65. The highest BCUT2D eigenvalue weighted by molar-refractivity contribution is 9.10. The number of anilines is 1. The molecule has 1 fully saturated rings. The highest BCUT2D eigenvalue weighted by atomic mass is 79.9. The van der Waals surface area contributed by atoms with Crippen molar-refractivity contribution in [3.8, 4) is 0 Å². The molecule has 1 aromatic carbocycles. The first kappa shape index (κ1) is 13.3. The molecule has 1 atom stereocenters. The predicted octanol–water partition coefficient (Wildman–Crippen LogP) is 3.17. The summed E-state index contributed by atoms with van der Waals surface area (Å²) >= 11 is 3.45. The molecule has 1 aliphatic rings. The summed E-state index contributed by atoms with van der Waals surface area (Å²) in [5.41, 5.74) is 0.858. The van der Waals surface area contributed by atoms with Crippen molar-refractivity contribution in [1.82, 2.24) is 0 Å². The largest absolute Gasteiger partial charge is 0.311 e. The van der Waals surface area contributed by atoms with Crippen LogP contribution in [0, 0.1) is 5.92 Å². The van der Waals surface area contributed by atoms with Gasteiger partial charge in [-0.15, -0.1) is 0 Å². The van der Waals surface area contributed by atoms with E-state index in [9.17, 15) is 9.59 Å². The van der Waals surface area contributed by atoms with E-state index in [1.54, 1.807) is 4.90 Å². The number of halogens is 1. The van der Waals surface area contributed by atoms with E-state index in [2.05, 4.69) is 15.9 Å². The minimum Gasteiger partial charge on any atom is -0.311 e. The number of benzene rings is 1. The fourth-order valence-electron chi connectivity index (χ4n) is 2.33. The first-order chi connectivity index (χ1) is 8.65. The molecule has 4 heteroatoms. The van der Waals surface area contributed by atoms with Crippen LogP contribution in [0.4, 0.5) is 5.69 Å². The van der Waals surface area contributed by atoms with Gasteiger partial charge in [-0.3, -0.25) is 9.59 Å². The van der Waals surface area contributed by atoms with Crippen LogP contribution >= 0.6 is 15.9 Å². The molecule has 3 nitrogen and oxygen atoms in total. The van der Waals surface area contributed by atoms with Gasteiger partial charge in [0.15, 0.2) is 0 Å². The molecule has 1 aliphatic heterocycles. The normalized spacial score (nSPS) is 20.0. The summed E-state index contributed by atoms with van der Waals surface area (Å²) in [4.78, 5) is 25.9. The van der Waals surface area contributed by atoms with E-state index in [-0.39, 0.29) is 11.7 Å². The van der Waals surface area contributed by atoms with Gasteiger partial charge in [0.1, 0.15) is 5.78 Å². The van der Waals surface area contributed by atoms with E-state index in [1.165, 1.54) is 0 Å². The van der Waals surface area contributed by atoms with Crippen LogP contribution in [0.3, 0.4) is 0 Å². The molecule has 1 amide bonds. The fraction of sp³-hybridized carbons (Fsp3) is 0.429. The smallest absolute Gasteiger partial charge is 0.237 e. The van der Waals surface area contributed by atoms with Gasteiger partial charge in [-0.1, -0.05) is 19.1 Å². The van der Waals surface area contributed by atoms with E-state index in [0.717, 1.165) is 16.6 Å². The number of rotatable bonds is 3. The molecule has 0 N–H and O–H groups in total. The average molecular weight is 310 g/mol. The predicted molar refractivity (Wildman–Crippen MR) is 74.5 cm³/mol. The molecular weight excluding hydrogens is 294 g/mol. The third-order valence-electron chi connectivity index (χ3n) is 3.32. The van der Waals surface area contributed by atoms with Crippen LogP contribution in [0.2, 0.25) is 0 Å². The van der Waals surface area contributed by atoms with E-state index in [1.807, 2.05) is 31.2 Å². The monoisotopic (exact) mass is 309 g/mol. The molecule has 0 aromatic heterocycles. The van der Waals surface area contributed by atoms with E-state index >= 15 is 0 Å². The lowest BCUT2D eigenvalue weighted by Gasteiger charge is -2.32. The zero-order valence-electron chi connectivity index (χ0n) is 10.4. The van der Waals surface area contributed by atoms with Gasteiger partial charge in [0, 0.05) is 17.4 Å². The Kier molecular flexibility index (Phi) is 4.17. The summed E-state index contributed by atoms with van der Waals surface area (Å²) in [7, 11) is 0. The average Bonchev–Trinajstić information content (AvgIpc) is 2.39. The molecule has 0 aliphatic carbocycles. The van der Waals surface area contributed by atoms with Crippen LogP contribution < -0.4 is 4.90 Å². The number of amides is 1. The van der Waals surface area contributed by atoms with E-state index < -0.39 is 5.92 Å². The van der Waals surface area contributed by atoms with Crippen LogP contribution in [0.1, 0.15) is 26.2 Å². The highest BCUT2D eigenvalue weighted by Gasteiger charge is 2.34. The molecule has 0 bridgehead atoms. The van der Waals surface area contributed by atoms with E-state index in [0.29, 0.717) is 19.4 Å². The quantitative estimate of drug-likeness (QED) is 0.804. The molecule has 0 spiro atoms. The number of hydrogen-bond donors (Lipinski definition) is 0. The third kappa shape index (κ3) is 2.48. The van der Waals surface area contributed by atoms with Gasteiger partial charge in [-0.05, 0) is 40.9 Å². The fourth-order valence-corrected chi connectivity index (χ4v) is 2.83. The van der Waals surface area contributed by atoms with Gasteiger partial charge >= 0.3 is 0 Å². The summed E-state index contributed by atoms with van der Waals surface area (Å²) in [5.74, 6) is -0.451. The highest BCUT2D eigenvalue weighted by Crippen LogP contribution is 2.31. The number of Topliss-reactive ketones (excluding diaryl/α,β-unsaturated/α-hetero) is 1. The standard InChI is InChI=1S/C14H16BrNO2/c1-2-13(17)10-6-5-9-16(14(10)18)12-8-4-3-7-11(12)15/h3-4,7-8,10H,2,5-6,9H2,1H3/t10-/m1/s1. The molecule has 96 valence electrons. The number of nitrogens with zero attached hydrogens (tertiary/aromatic N) is 1. The first-order valence-corrected chi connectivity index (χ1v) is 7.03. The number of carbonyl (C=O) groups excluding carboxylic acids is 2. The van der Waals surface area contributed by atoms with Crippen molar-refractivity contribution >= 4 is 33.3 Å². The van der Waals surface area contributed by atoms with Crippen LogP contribution in [-0.4, -0.2) is 18.2 Å². The second-order valence-electron chi connectivity index (χ2n) is 4.46. The Balaban J connectivity index is 2.27. The summed E-state index contributed by atoms with van der Waals surface area (Å²) in [6.45, 7) is 2.50. The lowest BCUT2D eigenvalue weighted by Crippen LogP contribution is -2.44. The number of para-hydroxylation sites is 1. The van der Waals surface area contributed by atoms with Gasteiger partial charge in [0.25, 0.3) is 0 Å². The minimum atomic E-state index is -0.448. The Bertz CT molecular complexity index is 473. The van der Waals surface area contributed by atoms with Crippen LogP contribution in [0.25, 0.3) is 0 Å². The van der Waals surface area contributed by atoms with Gasteiger partial charge in [-0.25, -0.2) is 0 Å². The molecule has 1 heterocycles. The van der Waals surface area contributed by atoms with Crippen molar-refractivity contribution in [3.05, 3.63) is 28.7 Å². The summed E-state index contributed by atoms with van der Waals surface area (Å²) in [6, 6.07) is 7.63. The summed E-state index contributed by atoms with van der Waals surface area (Å²) in [6.07, 6.45) is 2.00. The third-order valence-corrected chi connectivity index (χ3v) is 3.99. The Labute approximate surface area is 115 Å². The molecule has 1 saturated heterocycles. The molecular formula is C14H16BrNO2. The van der Waals surface area contributed by atoms with Gasteiger partial charge < -0.3 is 4.90 Å². The zero-order valence-corrected chi connectivity index (χ0v) is 11.9. The van der Waals surface area contributed by atoms with Crippen LogP contribution in [0.5, 0.6) is 0 Å². The second-order valence-corrected chi connectivity index (χ2v) is 5.31. The number of piperidine rings is 1. The van der Waals surface area contributed by atoms with Gasteiger partial charge in [0.2, 0.25) is 5.91 Å². The van der Waals surface area contributed by atoms with Crippen LogP contribution in [-0.2, 0) is 9.59 Å². The number of hydrogen-bond acceptors (Lipinski definition) is 2. The van der Waals surface area contributed by atoms with Gasteiger partial charge in [0.05, 0.1) is 11.6 Å². The van der Waals surface area contributed by atoms with Crippen molar-refractivity contribution in [3.63, 3.8) is 0 Å². The van der Waals surface area contributed by atoms with Crippen molar-refractivity contribution in [2.45, 2.75) is 26.2 Å². The maximum absolute atomic E-state index is 12.4. The molecule has 18 heavy (non-hydrogen) atoms. The maximum Gasteiger partial charge on any atom is 0.237 e. The first-order valence-electron chi connectivity index (χ1n) is 6.23. The van der Waals surface area contributed by atoms with E-state index in [4.69, 9.17) is 0 Å². The maximum atomic E-state index is 12.4. The van der Waals surface area contributed by atoms with Crippen molar-refractivity contribution in [2.24, 2.45) is 5.92 Å². The van der Waals surface area contributed by atoms with Crippen molar-refractivity contribution in [1.29, 1.82) is 0 Å². The Morgan fingerprint density at radius 1 is 1.44 bits per heavy atom. The Hall–Kier alpha value is -1.16. The SMILES string of the molecule is CCC(=O)[C@H]1CCCN(c2ccccc2Br)C1=O. The lowest BCUT2D eigenvalue weighted by molar-refractivity contribution is -0.133. The van der Waals surface area contributed by atoms with Crippen LogP contribution in [0.15, 0.2) is 28.7 Å². The van der Waals surface area contributed by atoms with Crippen molar-refractivity contribution in [2.75, 3.05) is 11.4 Å². The Morgan fingerprint density at radius 3 is 2.83 bits per heavy atom. The van der Waals surface area contributed by atoms with Crippen molar-refractivity contribution < 1.29 is 9.59 Å². The molecule has 0 unspecified atom stereocenters. The number of carbonyl (C=O) groups is 2. The molecule has 0 saturated carbocycles. The summed E-state index contributed by atoms with van der Waals surface area (Å²) in [5, 5.41) is 0. The molecule has 0 radical (unpaired) electrons.